The number of hydrogen-bond donors (Lipinski definition) is 3. The molecule has 1 aliphatic rings. The van der Waals surface area contributed by atoms with E-state index in [-0.39, 0.29) is 11.9 Å². The van der Waals surface area contributed by atoms with Gasteiger partial charge in [-0.05, 0) is 72.4 Å². The Balaban J connectivity index is 1.43. The van der Waals surface area contributed by atoms with Crippen molar-refractivity contribution in [2.24, 2.45) is 17.1 Å². The van der Waals surface area contributed by atoms with Gasteiger partial charge in [0.05, 0.1) is 12.0 Å². The van der Waals surface area contributed by atoms with E-state index in [9.17, 15) is 19.2 Å². The number of benzene rings is 3. The van der Waals surface area contributed by atoms with Crippen molar-refractivity contribution in [3.63, 3.8) is 0 Å². The Hall–Kier alpha value is -4.50. The topological polar surface area (TPSA) is 137 Å². The first-order valence-corrected chi connectivity index (χ1v) is 16.2. The van der Waals surface area contributed by atoms with Crippen LogP contribution in [0.1, 0.15) is 93.0 Å². The molecule has 0 saturated carbocycles. The maximum atomic E-state index is 13.9. The minimum absolute atomic E-state index is 0.262. The fourth-order valence-corrected chi connectivity index (χ4v) is 5.81. The van der Waals surface area contributed by atoms with E-state index in [4.69, 9.17) is 15.2 Å². The van der Waals surface area contributed by atoms with E-state index in [2.05, 4.69) is 10.6 Å². The lowest BCUT2D eigenvalue weighted by Gasteiger charge is -2.33. The quantitative estimate of drug-likeness (QED) is 0.214. The molecule has 3 amide bonds. The molecule has 1 saturated heterocycles. The number of amides is 3. The van der Waals surface area contributed by atoms with Crippen LogP contribution in [0.4, 0.5) is 0 Å². The highest BCUT2D eigenvalue weighted by atomic mass is 16.8. The number of carbonyl (C=O) groups is 4. The summed E-state index contributed by atoms with van der Waals surface area (Å²) in [6.45, 7) is 10.9. The minimum atomic E-state index is -1.15. The maximum absolute atomic E-state index is 13.9. The summed E-state index contributed by atoms with van der Waals surface area (Å²) in [5.41, 5.74) is 9.40. The zero-order valence-electron chi connectivity index (χ0n) is 28.2. The first kappa shape index (κ1) is 35.4. The van der Waals surface area contributed by atoms with E-state index in [0.717, 1.165) is 22.3 Å². The summed E-state index contributed by atoms with van der Waals surface area (Å²) >= 11 is 0. The highest BCUT2D eigenvalue weighted by molar-refractivity contribution is 5.93. The smallest absolute Gasteiger partial charge is 0.338 e. The van der Waals surface area contributed by atoms with Gasteiger partial charge in [0.15, 0.2) is 6.10 Å². The van der Waals surface area contributed by atoms with E-state index in [1.165, 1.54) is 0 Å². The van der Waals surface area contributed by atoms with Crippen LogP contribution in [0, 0.1) is 11.3 Å². The third-order valence-electron chi connectivity index (χ3n) is 8.39. The van der Waals surface area contributed by atoms with E-state index in [1.807, 2.05) is 94.4 Å². The van der Waals surface area contributed by atoms with Crippen molar-refractivity contribution in [2.75, 3.05) is 0 Å². The molecule has 3 aromatic rings. The van der Waals surface area contributed by atoms with Crippen LogP contribution in [-0.2, 0) is 36.7 Å². The van der Waals surface area contributed by atoms with Gasteiger partial charge in [0.25, 0.3) is 0 Å². The number of rotatable bonds is 13. The monoisotopic (exact) mass is 641 g/mol. The van der Waals surface area contributed by atoms with Crippen LogP contribution in [0.2, 0.25) is 0 Å². The van der Waals surface area contributed by atoms with Crippen LogP contribution in [-0.4, -0.2) is 41.6 Å². The molecule has 0 unspecified atom stereocenters. The van der Waals surface area contributed by atoms with E-state index < -0.39 is 47.0 Å². The maximum Gasteiger partial charge on any atom is 0.338 e. The second kappa shape index (κ2) is 14.9. The van der Waals surface area contributed by atoms with Gasteiger partial charge in [0.1, 0.15) is 6.04 Å². The lowest BCUT2D eigenvalue weighted by molar-refractivity contribution is -0.162. The van der Waals surface area contributed by atoms with Crippen LogP contribution in [0.25, 0.3) is 0 Å². The zero-order chi connectivity index (χ0) is 34.4. The van der Waals surface area contributed by atoms with Gasteiger partial charge in [-0.1, -0.05) is 87.5 Å². The van der Waals surface area contributed by atoms with Gasteiger partial charge in [0.2, 0.25) is 23.5 Å². The lowest BCUT2D eigenvalue weighted by Crippen LogP contribution is -2.56. The number of ether oxygens (including phenoxy) is 2. The van der Waals surface area contributed by atoms with Gasteiger partial charge < -0.3 is 25.8 Å². The Morgan fingerprint density at radius 3 is 2.13 bits per heavy atom. The molecule has 4 N–H and O–H groups in total. The van der Waals surface area contributed by atoms with Gasteiger partial charge in [-0.15, -0.1) is 0 Å². The van der Waals surface area contributed by atoms with Crippen molar-refractivity contribution in [1.82, 2.24) is 10.6 Å². The number of aryl methyl sites for hydroxylation is 1. The number of cyclic esters (lactones) is 1. The number of nitrogens with two attached hydrogens (primary N) is 1. The summed E-state index contributed by atoms with van der Waals surface area (Å²) in [5.74, 6) is -3.79. The average molecular weight is 642 g/mol. The largest absolute Gasteiger partial charge is 0.432 e. The SMILES string of the molecule is C[C@@H](NC(=O)[C@@H](NC(=O)[C@H](CCCc1ccc(Cc2cccc(C(N)=O)c2)cc1)[C@@H]1OC(C)(C)OC1=O)C(C)(C)C)c1ccccc1. The molecule has 0 spiro atoms. The highest BCUT2D eigenvalue weighted by Gasteiger charge is 2.48. The lowest BCUT2D eigenvalue weighted by atomic mass is 9.84. The molecule has 1 aliphatic heterocycles. The number of primary amides is 1. The van der Waals surface area contributed by atoms with Crippen molar-refractivity contribution in [2.45, 2.75) is 91.2 Å². The molecule has 1 heterocycles. The molecule has 4 rings (SSSR count). The Morgan fingerprint density at radius 1 is 0.872 bits per heavy atom. The molecular weight excluding hydrogens is 594 g/mol. The molecule has 0 bridgehead atoms. The van der Waals surface area contributed by atoms with Crippen LogP contribution >= 0.6 is 0 Å². The average Bonchev–Trinajstić information content (AvgIpc) is 3.29. The predicted molar refractivity (Wildman–Crippen MR) is 180 cm³/mol. The second-order valence-electron chi connectivity index (χ2n) is 13.9. The third-order valence-corrected chi connectivity index (χ3v) is 8.39. The summed E-state index contributed by atoms with van der Waals surface area (Å²) in [7, 11) is 0. The van der Waals surface area contributed by atoms with E-state index >= 15 is 0 Å². The summed E-state index contributed by atoms with van der Waals surface area (Å²) in [6, 6.07) is 23.9. The van der Waals surface area contributed by atoms with Crippen LogP contribution in [0.15, 0.2) is 78.9 Å². The van der Waals surface area contributed by atoms with Crippen molar-refractivity contribution < 1.29 is 28.7 Å². The minimum Gasteiger partial charge on any atom is -0.432 e. The van der Waals surface area contributed by atoms with Crippen LogP contribution in [0.5, 0.6) is 0 Å². The van der Waals surface area contributed by atoms with E-state index in [1.54, 1.807) is 26.0 Å². The van der Waals surface area contributed by atoms with Crippen molar-refractivity contribution in [1.29, 1.82) is 0 Å². The Bertz CT molecular complexity index is 1560. The molecular formula is C38H47N3O6. The van der Waals surface area contributed by atoms with Crippen molar-refractivity contribution in [3.8, 4) is 0 Å². The number of carbonyl (C=O) groups excluding carboxylic acids is 4. The fraction of sp³-hybridized carbons (Fsp3) is 0.421. The molecule has 250 valence electrons. The summed E-state index contributed by atoms with van der Waals surface area (Å²) in [6.07, 6.45) is 1.19. The molecule has 1 fully saturated rings. The van der Waals surface area contributed by atoms with Crippen LogP contribution in [0.3, 0.4) is 0 Å². The van der Waals surface area contributed by atoms with Gasteiger partial charge in [-0.3, -0.25) is 14.4 Å². The molecule has 4 atom stereocenters. The third kappa shape index (κ3) is 9.75. The molecule has 47 heavy (non-hydrogen) atoms. The second-order valence-corrected chi connectivity index (χ2v) is 13.9. The Kier molecular flexibility index (Phi) is 11.2. The number of esters is 1. The van der Waals surface area contributed by atoms with Gasteiger partial charge in [-0.25, -0.2) is 4.79 Å². The summed E-state index contributed by atoms with van der Waals surface area (Å²) in [4.78, 5) is 51.9. The molecule has 0 aromatic heterocycles. The van der Waals surface area contributed by atoms with E-state index in [0.29, 0.717) is 31.2 Å². The number of hydrogen-bond acceptors (Lipinski definition) is 6. The summed E-state index contributed by atoms with van der Waals surface area (Å²) in [5, 5.41) is 5.99. The Labute approximate surface area is 277 Å². The standard InChI is InChI=1S/C38H47N3O6/c1-24(28-14-8-7-9-15-28)40-35(44)32(37(2,3)4)41-34(43)30(31-36(45)47-38(5,6)46-31)17-11-12-25-18-20-26(21-19-25)22-27-13-10-16-29(23-27)33(39)42/h7-10,13-16,18-21,23-24,30-32H,11-12,17,22H2,1-6H3,(H2,39,42)(H,40,44)(H,41,43)/t24-,30-,31+,32-/m1/s1. The van der Waals surface area contributed by atoms with Gasteiger partial charge in [0, 0.05) is 19.4 Å². The van der Waals surface area contributed by atoms with Crippen molar-refractivity contribution in [3.05, 3.63) is 107 Å². The highest BCUT2D eigenvalue weighted by Crippen LogP contribution is 2.32. The first-order chi connectivity index (χ1) is 22.1. The number of nitrogens with one attached hydrogen (secondary N) is 2. The predicted octanol–water partition coefficient (Wildman–Crippen LogP) is 5.40. The van der Waals surface area contributed by atoms with Crippen LogP contribution < -0.4 is 16.4 Å². The fourth-order valence-electron chi connectivity index (χ4n) is 5.81. The van der Waals surface area contributed by atoms with Gasteiger partial charge in [-0.2, -0.15) is 0 Å². The Morgan fingerprint density at radius 2 is 1.53 bits per heavy atom. The molecule has 9 nitrogen and oxygen atoms in total. The zero-order valence-corrected chi connectivity index (χ0v) is 28.2. The van der Waals surface area contributed by atoms with Gasteiger partial charge >= 0.3 is 5.97 Å². The summed E-state index contributed by atoms with van der Waals surface area (Å²) < 4.78 is 11.3. The molecule has 3 aromatic carbocycles. The molecule has 9 heteroatoms. The normalized spacial score (nSPS) is 17.7. The molecule has 0 radical (unpaired) electrons. The first-order valence-electron chi connectivity index (χ1n) is 16.2. The van der Waals surface area contributed by atoms with Crippen molar-refractivity contribution >= 4 is 23.7 Å². The molecule has 0 aliphatic carbocycles.